The van der Waals surface area contributed by atoms with E-state index >= 15 is 0 Å². The third-order valence-electron chi connectivity index (χ3n) is 17.7. The maximum atomic E-state index is 8.79. The van der Waals surface area contributed by atoms with Crippen LogP contribution in [0.25, 0.3) is 0 Å². The summed E-state index contributed by atoms with van der Waals surface area (Å²) in [6, 6.07) is 0. The van der Waals surface area contributed by atoms with Crippen molar-refractivity contribution in [2.75, 3.05) is 6.61 Å². The van der Waals surface area contributed by atoms with E-state index in [2.05, 4.69) is 0 Å². The van der Waals surface area contributed by atoms with Crippen LogP contribution in [0.1, 0.15) is 64.2 Å². The molecule has 1 spiro atoms. The van der Waals surface area contributed by atoms with Gasteiger partial charge in [0.15, 0.2) is 0 Å². The predicted molar refractivity (Wildman–Crippen MR) is 89.7 cm³/mol. The average Bonchev–Trinajstić information content (AvgIpc) is 3.50. The molecule has 10 saturated heterocycles. The van der Waals surface area contributed by atoms with Gasteiger partial charge in [0.25, 0.3) is 0 Å². The first-order chi connectivity index (χ1) is 11.1. The zero-order valence-corrected chi connectivity index (χ0v) is 15.4. The summed E-state index contributed by atoms with van der Waals surface area (Å²) >= 11 is 0. The molecule has 23 heavy (non-hydrogen) atoms. The van der Waals surface area contributed by atoms with Crippen molar-refractivity contribution in [3.05, 3.63) is 0 Å². The van der Waals surface area contributed by atoms with Gasteiger partial charge < -0.3 is 5.11 Å². The van der Waals surface area contributed by atoms with E-state index in [0.717, 1.165) is 6.42 Å². The first-order valence-electron chi connectivity index (χ1n) is 10.9. The van der Waals surface area contributed by atoms with Crippen molar-refractivity contribution in [1.29, 1.82) is 0 Å². The molecule has 0 aliphatic carbocycles. The number of aliphatic hydroxyl groups excluding tert-OH is 1. The molecule has 4 unspecified atom stereocenters. The molecule has 1 nitrogen and oxygen atoms in total. The van der Waals surface area contributed by atoms with Gasteiger partial charge in [0.05, 0.1) is 0 Å². The van der Waals surface area contributed by atoms with Gasteiger partial charge in [-0.2, -0.15) is 0 Å². The first kappa shape index (κ1) is 11.2. The van der Waals surface area contributed by atoms with E-state index in [9.17, 15) is 0 Å². The summed E-state index contributed by atoms with van der Waals surface area (Å²) in [5.74, 6) is 0. The summed E-state index contributed by atoms with van der Waals surface area (Å²) in [7, 11) is 0. The number of fused-ring (bicyclic) bond motifs is 10. The zero-order valence-electron chi connectivity index (χ0n) is 14.3. The third-order valence-corrected chi connectivity index (χ3v) is 60.7. The summed E-state index contributed by atoms with van der Waals surface area (Å²) in [5, 5.41) is 8.79. The molecule has 0 radical (unpaired) electrons. The van der Waals surface area contributed by atoms with Gasteiger partial charge in [0, 0.05) is 0 Å². The van der Waals surface area contributed by atoms with Crippen LogP contribution in [0.15, 0.2) is 0 Å². The van der Waals surface area contributed by atoms with Gasteiger partial charge >= 0.3 is 125 Å². The Morgan fingerprint density at radius 2 is 1.00 bits per heavy atom. The van der Waals surface area contributed by atoms with Crippen LogP contribution in [0.4, 0.5) is 0 Å². The van der Waals surface area contributed by atoms with Crippen molar-refractivity contribution in [3.63, 3.8) is 0 Å². The van der Waals surface area contributed by atoms with E-state index in [0.29, 0.717) is 6.61 Å². The average molecular weight is 356 g/mol. The molecule has 0 bridgehead atoms. The molecule has 10 aliphatic rings. The second-order valence-corrected chi connectivity index (χ2v) is 37.2. The van der Waals surface area contributed by atoms with Crippen LogP contribution in [0.5, 0.6) is 0 Å². The quantitative estimate of drug-likeness (QED) is 0.325. The van der Waals surface area contributed by atoms with Gasteiger partial charge in [-0.15, -0.1) is 0 Å². The van der Waals surface area contributed by atoms with Gasteiger partial charge in [-0.1, -0.05) is 0 Å². The van der Waals surface area contributed by atoms with Crippen molar-refractivity contribution in [2.45, 2.75) is 112 Å². The molecule has 10 heterocycles. The maximum absolute atomic E-state index is 8.79. The van der Waals surface area contributed by atoms with Crippen molar-refractivity contribution < 1.29 is 11.6 Å². The summed E-state index contributed by atoms with van der Waals surface area (Å²) in [4.78, 5) is 13.9. The van der Waals surface area contributed by atoms with Crippen molar-refractivity contribution in [3.8, 4) is 0 Å². The molecular formula is C21H32FeO. The summed E-state index contributed by atoms with van der Waals surface area (Å²) in [5.41, 5.74) is 0. The topological polar surface area (TPSA) is 20.2 Å². The Morgan fingerprint density at radius 1 is 0.565 bits per heavy atom. The summed E-state index contributed by atoms with van der Waals surface area (Å²) < 4.78 is 1.21. The molecule has 1 N–H and O–H groups in total. The van der Waals surface area contributed by atoms with Crippen molar-refractivity contribution >= 4 is 0 Å². The Balaban J connectivity index is 0.814. The minimum atomic E-state index is -2.68. The monoisotopic (exact) mass is 356 g/mol. The van der Waals surface area contributed by atoms with E-state index in [4.69, 9.17) is 5.11 Å². The molecule has 2 heteroatoms. The normalized spacial score (nSPS) is 91.3. The molecule has 0 aromatic rings. The van der Waals surface area contributed by atoms with Gasteiger partial charge in [-0.3, -0.25) is 0 Å². The molecule has 10 aliphatic heterocycles. The zero-order chi connectivity index (χ0) is 14.8. The molecule has 0 saturated carbocycles. The van der Waals surface area contributed by atoms with Crippen molar-refractivity contribution in [2.24, 2.45) is 0 Å². The van der Waals surface area contributed by atoms with Crippen LogP contribution < -0.4 is 0 Å². The van der Waals surface area contributed by atoms with Gasteiger partial charge in [-0.25, -0.2) is 0 Å². The number of hydrogen-bond acceptors (Lipinski definition) is 1. The Labute approximate surface area is 130 Å². The molecule has 130 valence electrons. The number of hydrogen-bond donors (Lipinski definition) is 1. The number of aliphatic hydroxyl groups is 1. The van der Waals surface area contributed by atoms with Gasteiger partial charge in [-0.05, 0) is 0 Å². The molecule has 10 rings (SSSR count). The van der Waals surface area contributed by atoms with Crippen LogP contribution in [0.3, 0.4) is 0 Å². The first-order valence-corrected chi connectivity index (χ1v) is 17.2. The standard InChI is InChI=1S/C16H27O.C5H5.Fe/c17-15-11-7-5-3-1-2-4-6-8-12-16-13-9-10-14-16;1-2-4-5-3-1;/h9-10,13-14,17H,1-8,11-12,15H2;1-5H;. The van der Waals surface area contributed by atoms with Gasteiger partial charge in [0.1, 0.15) is 0 Å². The summed E-state index contributed by atoms with van der Waals surface area (Å²) in [6.45, 7) is -2.28. The fourth-order valence-corrected chi connectivity index (χ4v) is 94.4. The third kappa shape index (κ3) is 0.184. The van der Waals surface area contributed by atoms with E-state index in [-0.39, 0.29) is 0 Å². The molecule has 0 amide bonds. The molecule has 0 aromatic carbocycles. The van der Waals surface area contributed by atoms with E-state index in [1.54, 1.807) is 53.0 Å². The molecule has 0 aromatic heterocycles. The predicted octanol–water partition coefficient (Wildman–Crippen LogP) is 6.64. The number of unbranched alkanes of at least 4 members (excludes halogenated alkanes) is 8. The SMILES string of the molecule is OCCCCCCCCCCC[C]12[CH]3[CH]4[CH]5[CH]1[Fe]45321678[CH]2[CH]1[CH]6[CH]7[CH]28. The van der Waals surface area contributed by atoms with Crippen molar-refractivity contribution in [1.82, 2.24) is 0 Å². The summed E-state index contributed by atoms with van der Waals surface area (Å²) in [6.07, 6.45) is 14.4. The van der Waals surface area contributed by atoms with Gasteiger partial charge in [0.2, 0.25) is 0 Å². The van der Waals surface area contributed by atoms with Crippen LogP contribution in [-0.2, 0) is 6.51 Å². The minimum absolute atomic E-state index is 0.392. The Hall–Kier alpha value is 0.479. The Bertz CT molecular complexity index is 929. The number of rotatable bonds is 11. The van der Waals surface area contributed by atoms with E-state index in [1.165, 1.54) is 52.5 Å². The van der Waals surface area contributed by atoms with Crippen LogP contribution >= 0.6 is 0 Å². The molecule has 10 fully saturated rings. The second-order valence-electron chi connectivity index (χ2n) is 13.5. The van der Waals surface area contributed by atoms with Crippen LogP contribution in [0, 0.1) is 0 Å². The Morgan fingerprint density at radius 3 is 1.35 bits per heavy atom. The fourth-order valence-electron chi connectivity index (χ4n) is 19.1. The van der Waals surface area contributed by atoms with Crippen LogP contribution in [0.2, 0.25) is 47.7 Å². The van der Waals surface area contributed by atoms with E-state index in [1.807, 2.05) is 0 Å². The second kappa shape index (κ2) is 1.30. The fraction of sp³-hybridized carbons (Fsp3) is 1.00. The molecular weight excluding hydrogens is 324 g/mol. The Kier molecular flexibility index (Phi) is 0.633. The molecule has 4 atom stereocenters. The van der Waals surface area contributed by atoms with Crippen LogP contribution in [-0.4, -0.2) is 11.7 Å². The van der Waals surface area contributed by atoms with E-state index < -0.39 is 6.51 Å².